The maximum atomic E-state index is 13.1. The van der Waals surface area contributed by atoms with Crippen molar-refractivity contribution in [3.63, 3.8) is 0 Å². The van der Waals surface area contributed by atoms with Crippen LogP contribution in [0.25, 0.3) is 11.2 Å². The molecule has 168 valence electrons. The van der Waals surface area contributed by atoms with E-state index in [4.69, 9.17) is 19.9 Å². The first-order valence-electron chi connectivity index (χ1n) is 9.90. The summed E-state index contributed by atoms with van der Waals surface area (Å²) in [5.74, 6) is -3.56. The van der Waals surface area contributed by atoms with Gasteiger partial charge in [0.1, 0.15) is 24.1 Å². The van der Waals surface area contributed by atoms with Gasteiger partial charge in [-0.1, -0.05) is 13.8 Å². The van der Waals surface area contributed by atoms with E-state index in [0.717, 1.165) is 0 Å². The van der Waals surface area contributed by atoms with Crippen molar-refractivity contribution in [1.82, 2.24) is 19.5 Å². The zero-order chi connectivity index (χ0) is 22.7. The first kappa shape index (κ1) is 21.4. The molecule has 31 heavy (non-hydrogen) atoms. The van der Waals surface area contributed by atoms with Crippen molar-refractivity contribution in [2.45, 2.75) is 64.4 Å². The van der Waals surface area contributed by atoms with Gasteiger partial charge in [0, 0.05) is 13.8 Å². The number of imidazole rings is 1. The van der Waals surface area contributed by atoms with E-state index < -0.39 is 47.7 Å². The van der Waals surface area contributed by atoms with E-state index in [9.17, 15) is 19.8 Å². The molecule has 12 nitrogen and oxygen atoms in total. The van der Waals surface area contributed by atoms with Crippen LogP contribution in [0.15, 0.2) is 12.7 Å². The first-order valence-corrected chi connectivity index (χ1v) is 9.90. The zero-order valence-corrected chi connectivity index (χ0v) is 17.6. The molecule has 0 aromatic carbocycles. The molecular weight excluding hydrogens is 410 g/mol. The minimum atomic E-state index is -2.41. The van der Waals surface area contributed by atoms with Gasteiger partial charge in [0.2, 0.25) is 5.41 Å². The lowest BCUT2D eigenvalue weighted by Crippen LogP contribution is -2.71. The van der Waals surface area contributed by atoms with Crippen LogP contribution < -0.4 is 5.73 Å². The van der Waals surface area contributed by atoms with Crippen LogP contribution in [0.2, 0.25) is 0 Å². The normalized spacial score (nSPS) is 29.9. The molecule has 4 heterocycles. The van der Waals surface area contributed by atoms with E-state index in [2.05, 4.69) is 15.0 Å². The number of hydrogen-bond acceptors (Lipinski definition) is 11. The Morgan fingerprint density at radius 3 is 2.39 bits per heavy atom. The summed E-state index contributed by atoms with van der Waals surface area (Å²) in [4.78, 5) is 38.4. The molecule has 0 radical (unpaired) electrons. The molecular formula is C19H25N5O7. The topological polar surface area (TPSA) is 172 Å². The van der Waals surface area contributed by atoms with Gasteiger partial charge in [-0.05, 0) is 12.3 Å². The average Bonchev–Trinajstić information content (AvgIpc) is 3.08. The molecule has 4 rings (SSSR count). The number of cyclic esters (lactones) is 2. The summed E-state index contributed by atoms with van der Waals surface area (Å²) in [6.07, 6.45) is -3.06. The molecule has 2 fully saturated rings. The Bertz CT molecular complexity index is 1020. The van der Waals surface area contributed by atoms with Crippen molar-refractivity contribution >= 4 is 28.9 Å². The highest BCUT2D eigenvalue weighted by Gasteiger charge is 2.71. The van der Waals surface area contributed by atoms with Crippen LogP contribution in [0, 0.1) is 11.3 Å². The molecule has 2 aliphatic heterocycles. The van der Waals surface area contributed by atoms with Crippen LogP contribution in [-0.4, -0.2) is 65.8 Å². The minimum Gasteiger partial charge on any atom is -0.422 e. The molecule has 2 aromatic rings. The van der Waals surface area contributed by atoms with Gasteiger partial charge in [0.05, 0.1) is 12.4 Å². The third-order valence-corrected chi connectivity index (χ3v) is 5.59. The zero-order valence-electron chi connectivity index (χ0n) is 17.6. The number of esters is 2. The summed E-state index contributed by atoms with van der Waals surface area (Å²) in [6.45, 7) is 6.56. The molecule has 0 bridgehead atoms. The third-order valence-electron chi connectivity index (χ3n) is 5.59. The van der Waals surface area contributed by atoms with Crippen LogP contribution >= 0.6 is 0 Å². The molecule has 12 heteroatoms. The van der Waals surface area contributed by atoms with Crippen molar-refractivity contribution in [1.29, 1.82) is 0 Å². The Hall–Kier alpha value is -2.83. The number of aliphatic hydroxyl groups excluding tert-OH is 2. The monoisotopic (exact) mass is 435 g/mol. The highest BCUT2D eigenvalue weighted by molar-refractivity contribution is 6.03. The van der Waals surface area contributed by atoms with Gasteiger partial charge in [0.25, 0.3) is 5.79 Å². The minimum absolute atomic E-state index is 0.0390. The number of hydrogen-bond donors (Lipinski definition) is 3. The maximum absolute atomic E-state index is 13.1. The van der Waals surface area contributed by atoms with Gasteiger partial charge in [-0.3, -0.25) is 14.2 Å². The smallest absolute Gasteiger partial charge is 0.332 e. The number of ether oxygens (including phenoxy) is 3. The standard InChI is InChI=1S/C19H25N5O7/c1-8(2)5-9-11(25)19(16(27)30-18(3,4)31-17(19)28)12(26)15(29-9)24-7-23-10-13(20)21-6-22-14(10)24/h6-9,11-12,15,25-26H,5H2,1-4H3,(H2,20,21,22)/t9-,11?,12?,15-/m1/s1. The number of rotatable bonds is 3. The quantitative estimate of drug-likeness (QED) is 0.434. The largest absolute Gasteiger partial charge is 0.422 e. The summed E-state index contributed by atoms with van der Waals surface area (Å²) in [5.41, 5.74) is 3.92. The number of aliphatic hydroxyl groups is 2. The summed E-state index contributed by atoms with van der Waals surface area (Å²) in [7, 11) is 0. The second-order valence-electron chi connectivity index (χ2n) is 8.72. The summed E-state index contributed by atoms with van der Waals surface area (Å²) < 4.78 is 17.9. The van der Waals surface area contributed by atoms with E-state index in [-0.39, 0.29) is 22.9 Å². The number of carbonyl (C=O) groups is 2. The van der Waals surface area contributed by atoms with Crippen molar-refractivity contribution in [2.24, 2.45) is 11.3 Å². The summed E-state index contributed by atoms with van der Waals surface area (Å²) in [6, 6.07) is 0. The number of aromatic nitrogens is 4. The van der Waals surface area contributed by atoms with Crippen LogP contribution in [-0.2, 0) is 23.8 Å². The second kappa shape index (κ2) is 7.11. The Kier molecular flexibility index (Phi) is 4.91. The highest BCUT2D eigenvalue weighted by Crippen LogP contribution is 2.48. The van der Waals surface area contributed by atoms with E-state index in [0.29, 0.717) is 6.42 Å². The molecule has 0 amide bonds. The van der Waals surface area contributed by atoms with Gasteiger partial charge in [-0.15, -0.1) is 0 Å². The number of nitrogens with two attached hydrogens (primary N) is 1. The summed E-state index contributed by atoms with van der Waals surface area (Å²) >= 11 is 0. The fraction of sp³-hybridized carbons (Fsp3) is 0.632. The van der Waals surface area contributed by atoms with Crippen molar-refractivity contribution < 1.29 is 34.0 Å². The fourth-order valence-corrected chi connectivity index (χ4v) is 4.15. The predicted molar refractivity (Wildman–Crippen MR) is 104 cm³/mol. The Morgan fingerprint density at radius 2 is 1.77 bits per heavy atom. The van der Waals surface area contributed by atoms with E-state index in [1.807, 2.05) is 13.8 Å². The van der Waals surface area contributed by atoms with Gasteiger partial charge in [-0.25, -0.2) is 15.0 Å². The van der Waals surface area contributed by atoms with Gasteiger partial charge in [0.15, 0.2) is 17.7 Å². The molecule has 1 spiro atoms. The molecule has 0 aliphatic carbocycles. The van der Waals surface area contributed by atoms with Crippen LogP contribution in [0.3, 0.4) is 0 Å². The number of nitrogens with zero attached hydrogens (tertiary/aromatic N) is 4. The molecule has 4 atom stereocenters. The predicted octanol–water partition coefficient (Wildman–Crippen LogP) is -0.104. The van der Waals surface area contributed by atoms with Gasteiger partial charge in [-0.2, -0.15) is 0 Å². The average molecular weight is 435 g/mol. The number of carbonyl (C=O) groups excluding carboxylic acids is 2. The molecule has 0 saturated carbocycles. The van der Waals surface area contributed by atoms with Gasteiger partial charge >= 0.3 is 11.9 Å². The van der Waals surface area contributed by atoms with Crippen molar-refractivity contribution in [3.05, 3.63) is 12.7 Å². The third kappa shape index (κ3) is 3.13. The Labute approximate surface area is 177 Å². The van der Waals surface area contributed by atoms with Crippen LogP contribution in [0.5, 0.6) is 0 Å². The number of anilines is 1. The SMILES string of the molecule is CC(C)C[C@H]1O[C@@H](n2cnc3c(N)ncnc32)C(O)C2(C(=O)OC(C)(C)OC2=O)C1O. The fourth-order valence-electron chi connectivity index (χ4n) is 4.15. The van der Waals surface area contributed by atoms with E-state index in [1.54, 1.807) is 0 Å². The lowest BCUT2D eigenvalue weighted by molar-refractivity contribution is -0.305. The van der Waals surface area contributed by atoms with Crippen molar-refractivity contribution in [3.8, 4) is 0 Å². The van der Waals surface area contributed by atoms with E-state index in [1.165, 1.54) is 31.1 Å². The molecule has 2 aromatic heterocycles. The molecule has 4 N–H and O–H groups in total. The van der Waals surface area contributed by atoms with Crippen LogP contribution in [0.1, 0.15) is 40.3 Å². The summed E-state index contributed by atoms with van der Waals surface area (Å²) in [5, 5.41) is 22.4. The van der Waals surface area contributed by atoms with Gasteiger partial charge < -0.3 is 30.2 Å². The Balaban J connectivity index is 1.86. The number of nitrogen functional groups attached to an aromatic ring is 1. The van der Waals surface area contributed by atoms with Crippen LogP contribution in [0.4, 0.5) is 5.82 Å². The lowest BCUT2D eigenvalue weighted by atomic mass is 9.70. The Morgan fingerprint density at radius 1 is 1.13 bits per heavy atom. The highest BCUT2D eigenvalue weighted by atomic mass is 16.7. The molecule has 2 unspecified atom stereocenters. The first-order chi connectivity index (χ1) is 14.5. The molecule has 2 saturated heterocycles. The van der Waals surface area contributed by atoms with Crippen molar-refractivity contribution in [2.75, 3.05) is 5.73 Å². The maximum Gasteiger partial charge on any atom is 0.332 e. The molecule has 2 aliphatic rings. The number of fused-ring (bicyclic) bond motifs is 1. The van der Waals surface area contributed by atoms with E-state index >= 15 is 0 Å². The lowest BCUT2D eigenvalue weighted by Gasteiger charge is -2.51. The second-order valence-corrected chi connectivity index (χ2v) is 8.72.